The molecular formula is C21H31N3O3. The Morgan fingerprint density at radius 1 is 1.07 bits per heavy atom. The molecule has 1 aromatic rings. The lowest BCUT2D eigenvalue weighted by molar-refractivity contribution is -0.139. The Hall–Kier alpha value is -1.92. The molecule has 0 radical (unpaired) electrons. The Balaban J connectivity index is 1.28. The molecule has 1 aromatic carbocycles. The molecule has 0 spiro atoms. The van der Waals surface area contributed by atoms with E-state index >= 15 is 0 Å². The maximum atomic E-state index is 11.8. The third-order valence-corrected chi connectivity index (χ3v) is 5.41. The molecule has 1 saturated heterocycles. The molecule has 1 atom stereocenters. The third kappa shape index (κ3) is 6.33. The van der Waals surface area contributed by atoms with Crippen molar-refractivity contribution in [2.24, 2.45) is 0 Å². The topological polar surface area (TPSA) is 70.7 Å². The summed E-state index contributed by atoms with van der Waals surface area (Å²) in [5.41, 5.74) is 1.22. The summed E-state index contributed by atoms with van der Waals surface area (Å²) < 4.78 is 5.89. The van der Waals surface area contributed by atoms with Crippen LogP contribution in [0.3, 0.4) is 0 Å². The number of ether oxygens (including phenoxy) is 1. The Morgan fingerprint density at radius 3 is 2.63 bits per heavy atom. The van der Waals surface area contributed by atoms with Crippen molar-refractivity contribution in [2.75, 3.05) is 32.8 Å². The molecule has 1 unspecified atom stereocenters. The van der Waals surface area contributed by atoms with Crippen LogP contribution >= 0.6 is 0 Å². The van der Waals surface area contributed by atoms with E-state index in [0.29, 0.717) is 6.54 Å². The van der Waals surface area contributed by atoms with E-state index in [-0.39, 0.29) is 12.1 Å². The van der Waals surface area contributed by atoms with E-state index in [1.54, 1.807) is 0 Å². The average Bonchev–Trinajstić information content (AvgIpc) is 3.21. The second-order valence-electron chi connectivity index (χ2n) is 7.49. The van der Waals surface area contributed by atoms with Gasteiger partial charge in [0.05, 0.1) is 12.7 Å². The van der Waals surface area contributed by atoms with E-state index < -0.39 is 11.8 Å². The number of morpholine rings is 1. The summed E-state index contributed by atoms with van der Waals surface area (Å²) in [6.45, 7) is 4.12. The van der Waals surface area contributed by atoms with Crippen LogP contribution in [0.4, 0.5) is 0 Å². The van der Waals surface area contributed by atoms with E-state index in [9.17, 15) is 9.59 Å². The van der Waals surface area contributed by atoms with Gasteiger partial charge in [-0.05, 0) is 37.8 Å². The summed E-state index contributed by atoms with van der Waals surface area (Å²) in [6, 6.07) is 10.5. The Morgan fingerprint density at radius 2 is 1.85 bits per heavy atom. The maximum absolute atomic E-state index is 11.8. The molecule has 1 heterocycles. The molecule has 3 rings (SSSR count). The number of unbranched alkanes of at least 4 members (excludes halogenated alkanes) is 1. The fourth-order valence-corrected chi connectivity index (χ4v) is 3.84. The highest BCUT2D eigenvalue weighted by Crippen LogP contribution is 2.22. The molecule has 6 nitrogen and oxygen atoms in total. The van der Waals surface area contributed by atoms with Gasteiger partial charge >= 0.3 is 11.8 Å². The molecule has 148 valence electrons. The van der Waals surface area contributed by atoms with Crippen LogP contribution < -0.4 is 10.6 Å². The molecule has 2 N–H and O–H groups in total. The third-order valence-electron chi connectivity index (χ3n) is 5.41. The largest absolute Gasteiger partial charge is 0.371 e. The van der Waals surface area contributed by atoms with Gasteiger partial charge in [-0.25, -0.2) is 0 Å². The highest BCUT2D eigenvalue weighted by Gasteiger charge is 2.22. The van der Waals surface area contributed by atoms with Crippen molar-refractivity contribution in [1.29, 1.82) is 0 Å². The summed E-state index contributed by atoms with van der Waals surface area (Å²) >= 11 is 0. The lowest BCUT2D eigenvalue weighted by Gasteiger charge is -2.33. The summed E-state index contributed by atoms with van der Waals surface area (Å²) in [5.74, 6) is -0.988. The van der Waals surface area contributed by atoms with Crippen molar-refractivity contribution in [3.63, 3.8) is 0 Å². The van der Waals surface area contributed by atoms with Gasteiger partial charge in [-0.3, -0.25) is 14.5 Å². The Labute approximate surface area is 161 Å². The second-order valence-corrected chi connectivity index (χ2v) is 7.49. The summed E-state index contributed by atoms with van der Waals surface area (Å²) in [6.07, 6.45) is 6.25. The van der Waals surface area contributed by atoms with Crippen molar-refractivity contribution in [1.82, 2.24) is 15.5 Å². The molecule has 6 heteroatoms. The minimum atomic E-state index is -0.502. The average molecular weight is 373 g/mol. The molecule has 2 aliphatic rings. The highest BCUT2D eigenvalue weighted by atomic mass is 16.5. The zero-order chi connectivity index (χ0) is 18.9. The number of nitrogens with one attached hydrogen (secondary N) is 2. The molecule has 27 heavy (non-hydrogen) atoms. The van der Waals surface area contributed by atoms with Crippen molar-refractivity contribution in [2.45, 2.75) is 50.7 Å². The first kappa shape index (κ1) is 19.8. The number of carbonyl (C=O) groups is 2. The normalized spacial score (nSPS) is 21.1. The molecule has 2 amide bonds. The number of amides is 2. The molecule has 1 aliphatic carbocycles. The number of nitrogens with zero attached hydrogens (tertiary/aromatic N) is 1. The zero-order valence-corrected chi connectivity index (χ0v) is 16.0. The second kappa shape index (κ2) is 10.4. The Kier molecular flexibility index (Phi) is 7.66. The maximum Gasteiger partial charge on any atom is 0.309 e. The molecule has 1 saturated carbocycles. The van der Waals surface area contributed by atoms with Gasteiger partial charge < -0.3 is 15.4 Å². The minimum Gasteiger partial charge on any atom is -0.371 e. The van der Waals surface area contributed by atoms with Crippen LogP contribution in [0.15, 0.2) is 30.3 Å². The number of hydrogen-bond acceptors (Lipinski definition) is 4. The lowest BCUT2D eigenvalue weighted by Crippen LogP contribution is -2.44. The van der Waals surface area contributed by atoms with Crippen LogP contribution in [0, 0.1) is 0 Å². The first-order valence-electron chi connectivity index (χ1n) is 10.2. The van der Waals surface area contributed by atoms with Crippen molar-refractivity contribution in [3.05, 3.63) is 35.9 Å². The van der Waals surface area contributed by atoms with Gasteiger partial charge in [-0.1, -0.05) is 43.2 Å². The summed E-state index contributed by atoms with van der Waals surface area (Å²) in [7, 11) is 0. The van der Waals surface area contributed by atoms with Crippen LogP contribution in [-0.4, -0.2) is 55.5 Å². The quantitative estimate of drug-likeness (QED) is 0.567. The van der Waals surface area contributed by atoms with Crippen LogP contribution in [0.25, 0.3) is 0 Å². The molecule has 0 bridgehead atoms. The van der Waals surface area contributed by atoms with Gasteiger partial charge in [0, 0.05) is 25.7 Å². The van der Waals surface area contributed by atoms with Gasteiger partial charge in [-0.15, -0.1) is 0 Å². The predicted molar refractivity (Wildman–Crippen MR) is 104 cm³/mol. The van der Waals surface area contributed by atoms with Crippen molar-refractivity contribution < 1.29 is 14.3 Å². The van der Waals surface area contributed by atoms with Crippen molar-refractivity contribution in [3.8, 4) is 0 Å². The van der Waals surface area contributed by atoms with Crippen molar-refractivity contribution >= 4 is 11.8 Å². The van der Waals surface area contributed by atoms with Gasteiger partial charge in [0.25, 0.3) is 0 Å². The molecule has 0 aromatic heterocycles. The standard InChI is InChI=1S/C21H31N3O3/c25-20(21(26)23-18-10-4-5-11-18)22-12-6-7-13-24-14-15-27-19(16-24)17-8-2-1-3-9-17/h1-3,8-9,18-19H,4-7,10-16H2,(H,22,25)(H,23,26). The monoisotopic (exact) mass is 373 g/mol. The fourth-order valence-electron chi connectivity index (χ4n) is 3.84. The highest BCUT2D eigenvalue weighted by molar-refractivity contribution is 6.35. The smallest absolute Gasteiger partial charge is 0.309 e. The van der Waals surface area contributed by atoms with Crippen LogP contribution in [0.5, 0.6) is 0 Å². The zero-order valence-electron chi connectivity index (χ0n) is 16.0. The first-order chi connectivity index (χ1) is 13.2. The number of carbonyl (C=O) groups excluding carboxylic acids is 2. The lowest BCUT2D eigenvalue weighted by atomic mass is 10.1. The van der Waals surface area contributed by atoms with Gasteiger partial charge in [0.15, 0.2) is 0 Å². The van der Waals surface area contributed by atoms with Gasteiger partial charge in [-0.2, -0.15) is 0 Å². The van der Waals surface area contributed by atoms with Crippen LogP contribution in [0.2, 0.25) is 0 Å². The van der Waals surface area contributed by atoms with Crippen LogP contribution in [-0.2, 0) is 14.3 Å². The fraction of sp³-hybridized carbons (Fsp3) is 0.619. The SMILES string of the molecule is O=C(NCCCCN1CCOC(c2ccccc2)C1)C(=O)NC1CCCC1. The predicted octanol–water partition coefficient (Wildman–Crippen LogP) is 2.02. The van der Waals surface area contributed by atoms with E-state index in [1.165, 1.54) is 5.56 Å². The van der Waals surface area contributed by atoms with E-state index in [2.05, 4.69) is 27.7 Å². The number of benzene rings is 1. The number of rotatable bonds is 7. The van der Waals surface area contributed by atoms with Gasteiger partial charge in [0.2, 0.25) is 0 Å². The van der Waals surface area contributed by atoms with E-state index in [4.69, 9.17) is 4.74 Å². The summed E-state index contributed by atoms with van der Waals surface area (Å²) in [4.78, 5) is 26.1. The number of hydrogen-bond donors (Lipinski definition) is 2. The molecule has 2 fully saturated rings. The Bertz CT molecular complexity index is 602. The van der Waals surface area contributed by atoms with E-state index in [1.807, 2.05) is 18.2 Å². The first-order valence-corrected chi connectivity index (χ1v) is 10.2. The minimum absolute atomic E-state index is 0.138. The van der Waals surface area contributed by atoms with Crippen LogP contribution in [0.1, 0.15) is 50.2 Å². The molecule has 1 aliphatic heterocycles. The molecular weight excluding hydrogens is 342 g/mol. The van der Waals surface area contributed by atoms with E-state index in [0.717, 1.165) is 64.8 Å². The summed E-state index contributed by atoms with van der Waals surface area (Å²) in [5, 5.41) is 5.55. The van der Waals surface area contributed by atoms with Gasteiger partial charge in [0.1, 0.15) is 0 Å².